The molecule has 1 aliphatic heterocycles. The molecule has 1 aromatic carbocycles. The van der Waals surface area contributed by atoms with E-state index in [1.54, 1.807) is 6.07 Å². The Morgan fingerprint density at radius 1 is 1.47 bits per heavy atom. The smallest absolute Gasteiger partial charge is 0.135 e. The number of piperidine rings is 1. The molecule has 3 nitrogen and oxygen atoms in total. The Morgan fingerprint density at radius 2 is 2.26 bits per heavy atom. The van der Waals surface area contributed by atoms with Crippen LogP contribution < -0.4 is 10.6 Å². The van der Waals surface area contributed by atoms with Crippen LogP contribution in [-0.2, 0) is 0 Å². The van der Waals surface area contributed by atoms with Crippen molar-refractivity contribution in [1.82, 2.24) is 0 Å². The lowest BCUT2D eigenvalue weighted by molar-refractivity contribution is 0.262. The fourth-order valence-corrected chi connectivity index (χ4v) is 2.96. The molecule has 2 rings (SSSR count). The van der Waals surface area contributed by atoms with E-state index in [-0.39, 0.29) is 23.5 Å². The summed E-state index contributed by atoms with van der Waals surface area (Å²) in [5.41, 5.74) is 6.73. The minimum absolute atomic E-state index is 0.0846. The maximum atomic E-state index is 13.9. The van der Waals surface area contributed by atoms with Gasteiger partial charge in [0, 0.05) is 19.2 Å². The van der Waals surface area contributed by atoms with Crippen molar-refractivity contribution in [3.8, 4) is 0 Å². The van der Waals surface area contributed by atoms with Gasteiger partial charge >= 0.3 is 0 Å². The summed E-state index contributed by atoms with van der Waals surface area (Å²) < 4.78 is 13.9. The van der Waals surface area contributed by atoms with Crippen molar-refractivity contribution in [3.05, 3.63) is 29.6 Å². The second kappa shape index (κ2) is 6.30. The fourth-order valence-electron chi connectivity index (χ4n) is 2.76. The lowest BCUT2D eigenvalue weighted by Crippen LogP contribution is -2.41. The summed E-state index contributed by atoms with van der Waals surface area (Å²) in [7, 11) is 0. The van der Waals surface area contributed by atoms with Gasteiger partial charge in [0.05, 0.1) is 11.3 Å². The maximum Gasteiger partial charge on any atom is 0.135 e. The molecule has 0 bridgehead atoms. The lowest BCUT2D eigenvalue weighted by atomic mass is 9.97. The zero-order valence-corrected chi connectivity index (χ0v) is 11.6. The average Bonchev–Trinajstić information content (AvgIpc) is 2.39. The number of hydrogen-bond acceptors (Lipinski definition) is 3. The van der Waals surface area contributed by atoms with Crippen LogP contribution in [0.3, 0.4) is 0 Å². The van der Waals surface area contributed by atoms with Crippen LogP contribution in [0.4, 0.5) is 10.1 Å². The van der Waals surface area contributed by atoms with E-state index in [9.17, 15) is 4.39 Å². The molecule has 1 heterocycles. The standard InChI is InChI=1S/C14H19FN2OS/c15-11-5-3-6-12(13(11)14(16)19)17-8-2-1-4-10(17)7-9-18/h3,5-6,10,18H,1-2,4,7-9H2,(H2,16,19). The van der Waals surface area contributed by atoms with Crippen molar-refractivity contribution < 1.29 is 9.50 Å². The highest BCUT2D eigenvalue weighted by Gasteiger charge is 2.25. The van der Waals surface area contributed by atoms with Gasteiger partial charge in [0.15, 0.2) is 0 Å². The molecule has 1 aromatic rings. The minimum Gasteiger partial charge on any atom is -0.396 e. The van der Waals surface area contributed by atoms with Gasteiger partial charge in [-0.3, -0.25) is 0 Å². The van der Waals surface area contributed by atoms with Gasteiger partial charge in [-0.2, -0.15) is 0 Å². The number of aliphatic hydroxyl groups excluding tert-OH is 1. The van der Waals surface area contributed by atoms with Crippen LogP contribution in [0.5, 0.6) is 0 Å². The first kappa shape index (κ1) is 14.2. The summed E-state index contributed by atoms with van der Waals surface area (Å²) in [6.07, 6.45) is 3.90. The summed E-state index contributed by atoms with van der Waals surface area (Å²) in [5.74, 6) is -0.377. The molecule has 0 radical (unpaired) electrons. The number of thiocarbonyl (C=S) groups is 1. The van der Waals surface area contributed by atoms with Crippen LogP contribution in [0.15, 0.2) is 18.2 Å². The third kappa shape index (κ3) is 3.04. The number of aliphatic hydroxyl groups is 1. The predicted octanol–water partition coefficient (Wildman–Crippen LogP) is 2.20. The largest absolute Gasteiger partial charge is 0.396 e. The molecule has 0 saturated carbocycles. The topological polar surface area (TPSA) is 49.5 Å². The molecule has 1 atom stereocenters. The third-order valence-electron chi connectivity index (χ3n) is 3.64. The number of nitrogens with zero attached hydrogens (tertiary/aromatic N) is 1. The maximum absolute atomic E-state index is 13.9. The van der Waals surface area contributed by atoms with E-state index in [1.807, 2.05) is 6.07 Å². The number of halogens is 1. The molecule has 1 unspecified atom stereocenters. The summed E-state index contributed by atoms with van der Waals surface area (Å²) in [5, 5.41) is 9.17. The molecule has 19 heavy (non-hydrogen) atoms. The SMILES string of the molecule is NC(=S)c1c(F)cccc1N1CCCCC1CCO. The van der Waals surface area contributed by atoms with Crippen LogP contribution in [0.25, 0.3) is 0 Å². The second-order valence-corrected chi connectivity index (χ2v) is 5.29. The normalized spacial score (nSPS) is 19.5. The van der Waals surface area contributed by atoms with E-state index >= 15 is 0 Å². The average molecular weight is 282 g/mol. The van der Waals surface area contributed by atoms with Gasteiger partial charge in [-0.15, -0.1) is 0 Å². The molecule has 0 amide bonds. The lowest BCUT2D eigenvalue weighted by Gasteiger charge is -2.38. The molecular formula is C14H19FN2OS. The fraction of sp³-hybridized carbons (Fsp3) is 0.500. The van der Waals surface area contributed by atoms with Gasteiger partial charge in [-0.25, -0.2) is 4.39 Å². The van der Waals surface area contributed by atoms with Crippen molar-refractivity contribution in [2.45, 2.75) is 31.7 Å². The van der Waals surface area contributed by atoms with Crippen LogP contribution in [0, 0.1) is 5.82 Å². The van der Waals surface area contributed by atoms with Crippen LogP contribution in [-0.4, -0.2) is 29.3 Å². The van der Waals surface area contributed by atoms with Crippen molar-refractivity contribution in [2.24, 2.45) is 5.73 Å². The minimum atomic E-state index is -0.377. The molecule has 0 aliphatic carbocycles. The first-order chi connectivity index (χ1) is 9.15. The summed E-state index contributed by atoms with van der Waals surface area (Å²) in [6.45, 7) is 0.989. The summed E-state index contributed by atoms with van der Waals surface area (Å²) in [4.78, 5) is 2.22. The van der Waals surface area contributed by atoms with Crippen molar-refractivity contribution >= 4 is 22.9 Å². The number of benzene rings is 1. The third-order valence-corrected chi connectivity index (χ3v) is 3.84. The Hall–Kier alpha value is -1.20. The Balaban J connectivity index is 2.38. The van der Waals surface area contributed by atoms with E-state index in [2.05, 4.69) is 4.90 Å². The number of nitrogens with two attached hydrogens (primary N) is 1. The van der Waals surface area contributed by atoms with Crippen molar-refractivity contribution in [2.75, 3.05) is 18.1 Å². The van der Waals surface area contributed by atoms with E-state index in [0.29, 0.717) is 12.0 Å². The summed E-state index contributed by atoms with van der Waals surface area (Å²) in [6, 6.07) is 5.14. The van der Waals surface area contributed by atoms with E-state index < -0.39 is 0 Å². The molecule has 1 fully saturated rings. The number of rotatable bonds is 4. The zero-order chi connectivity index (χ0) is 13.8. The highest BCUT2D eigenvalue weighted by molar-refractivity contribution is 7.80. The van der Waals surface area contributed by atoms with Crippen molar-refractivity contribution in [3.63, 3.8) is 0 Å². The second-order valence-electron chi connectivity index (χ2n) is 4.85. The molecule has 104 valence electrons. The molecule has 0 spiro atoms. The first-order valence-electron chi connectivity index (χ1n) is 6.61. The van der Waals surface area contributed by atoms with Crippen molar-refractivity contribution in [1.29, 1.82) is 0 Å². The number of hydrogen-bond donors (Lipinski definition) is 2. The molecule has 3 N–H and O–H groups in total. The Kier molecular flexibility index (Phi) is 4.71. The molecule has 0 aromatic heterocycles. The Labute approximate surface area is 118 Å². The van der Waals surface area contributed by atoms with E-state index in [1.165, 1.54) is 6.07 Å². The van der Waals surface area contributed by atoms with Gasteiger partial charge < -0.3 is 15.7 Å². The Morgan fingerprint density at radius 3 is 2.95 bits per heavy atom. The monoisotopic (exact) mass is 282 g/mol. The molecular weight excluding hydrogens is 263 g/mol. The van der Waals surface area contributed by atoms with Crippen LogP contribution in [0.2, 0.25) is 0 Å². The van der Waals surface area contributed by atoms with Gasteiger partial charge in [0.1, 0.15) is 10.8 Å². The quantitative estimate of drug-likeness (QED) is 0.831. The van der Waals surface area contributed by atoms with Gasteiger partial charge in [-0.1, -0.05) is 18.3 Å². The van der Waals surface area contributed by atoms with E-state index in [0.717, 1.165) is 31.5 Å². The highest BCUT2D eigenvalue weighted by atomic mass is 32.1. The van der Waals surface area contributed by atoms with Crippen LogP contribution >= 0.6 is 12.2 Å². The molecule has 1 aliphatic rings. The predicted molar refractivity (Wildman–Crippen MR) is 79.0 cm³/mol. The number of anilines is 1. The molecule has 1 saturated heterocycles. The zero-order valence-electron chi connectivity index (χ0n) is 10.8. The van der Waals surface area contributed by atoms with Gasteiger partial charge in [0.2, 0.25) is 0 Å². The summed E-state index contributed by atoms with van der Waals surface area (Å²) >= 11 is 4.97. The molecule has 5 heteroatoms. The first-order valence-corrected chi connectivity index (χ1v) is 7.01. The Bertz CT molecular complexity index is 465. The van der Waals surface area contributed by atoms with Gasteiger partial charge in [0.25, 0.3) is 0 Å². The highest BCUT2D eigenvalue weighted by Crippen LogP contribution is 2.30. The van der Waals surface area contributed by atoms with E-state index in [4.69, 9.17) is 23.1 Å². The van der Waals surface area contributed by atoms with Gasteiger partial charge in [-0.05, 0) is 37.8 Å². The van der Waals surface area contributed by atoms with Crippen LogP contribution in [0.1, 0.15) is 31.2 Å².